The second-order valence-electron chi connectivity index (χ2n) is 2.66. The quantitative estimate of drug-likeness (QED) is 0.679. The average molecular weight is 215 g/mol. The molecule has 0 amide bonds. The highest BCUT2D eigenvalue weighted by Gasteiger charge is 2.27. The molecule has 0 aromatic heterocycles. The molecule has 6 heteroatoms. The summed E-state index contributed by atoms with van der Waals surface area (Å²) in [5, 5.41) is 2.80. The maximum atomic E-state index is 11.3. The lowest BCUT2D eigenvalue weighted by atomic mass is 10.4. The fraction of sp³-hybridized carbons (Fsp3) is 1.00. The Labute approximate surface area is 79.6 Å². The highest BCUT2D eigenvalue weighted by Crippen LogP contribution is 2.07. The van der Waals surface area contributed by atoms with Gasteiger partial charge in [0.2, 0.25) is 10.0 Å². The molecule has 12 heavy (non-hydrogen) atoms. The molecule has 4 nitrogen and oxygen atoms in total. The van der Waals surface area contributed by atoms with Gasteiger partial charge in [0.25, 0.3) is 0 Å². The van der Waals surface area contributed by atoms with Gasteiger partial charge in [-0.25, -0.2) is 13.1 Å². The molecule has 1 atom stereocenters. The molecule has 0 radical (unpaired) electrons. The van der Waals surface area contributed by atoms with Crippen molar-refractivity contribution in [3.63, 3.8) is 0 Å². The summed E-state index contributed by atoms with van der Waals surface area (Å²) in [6.45, 7) is 3.68. The van der Waals surface area contributed by atoms with Crippen LogP contribution in [0.25, 0.3) is 0 Å². The second-order valence-corrected chi connectivity index (χ2v) is 4.70. The third-order valence-electron chi connectivity index (χ3n) is 1.80. The standard InChI is InChI=1S/C6H14N2O2S.ClH/c1-2-8-11(9,10)6-3-4-7-5-6;/h6-8H,2-5H2,1H3;1H. The first-order valence-electron chi connectivity index (χ1n) is 3.86. The molecule has 1 rings (SSSR count). The van der Waals surface area contributed by atoms with E-state index in [2.05, 4.69) is 10.0 Å². The summed E-state index contributed by atoms with van der Waals surface area (Å²) in [6, 6.07) is 0. The molecule has 2 N–H and O–H groups in total. The minimum atomic E-state index is -3.02. The Morgan fingerprint density at radius 1 is 1.58 bits per heavy atom. The Bertz CT molecular complexity index is 212. The van der Waals surface area contributed by atoms with Crippen LogP contribution in [0, 0.1) is 0 Å². The van der Waals surface area contributed by atoms with Crippen molar-refractivity contribution in [2.75, 3.05) is 19.6 Å². The van der Waals surface area contributed by atoms with Crippen LogP contribution >= 0.6 is 12.4 Å². The van der Waals surface area contributed by atoms with Crippen LogP contribution in [0.3, 0.4) is 0 Å². The van der Waals surface area contributed by atoms with Crippen LogP contribution in [0.15, 0.2) is 0 Å². The fourth-order valence-electron chi connectivity index (χ4n) is 1.21. The Morgan fingerprint density at radius 3 is 2.67 bits per heavy atom. The molecule has 74 valence electrons. The van der Waals surface area contributed by atoms with Gasteiger partial charge in [0.05, 0.1) is 5.25 Å². The lowest BCUT2D eigenvalue weighted by molar-refractivity contribution is 0.570. The molecule has 0 aromatic carbocycles. The van der Waals surface area contributed by atoms with Gasteiger partial charge < -0.3 is 5.32 Å². The van der Waals surface area contributed by atoms with Crippen LogP contribution in [-0.4, -0.2) is 33.3 Å². The number of hydrogen-bond donors (Lipinski definition) is 2. The zero-order valence-electron chi connectivity index (χ0n) is 7.04. The topological polar surface area (TPSA) is 58.2 Å². The van der Waals surface area contributed by atoms with Crippen LogP contribution in [0.5, 0.6) is 0 Å². The lowest BCUT2D eigenvalue weighted by Gasteiger charge is -2.09. The van der Waals surface area contributed by atoms with Crippen molar-refractivity contribution < 1.29 is 8.42 Å². The van der Waals surface area contributed by atoms with Crippen molar-refractivity contribution >= 4 is 22.4 Å². The molecule has 1 aliphatic heterocycles. The SMILES string of the molecule is CCNS(=O)(=O)C1CCNC1.Cl. The van der Waals surface area contributed by atoms with E-state index in [4.69, 9.17) is 0 Å². The number of halogens is 1. The molecule has 0 aromatic rings. The van der Waals surface area contributed by atoms with Crippen molar-refractivity contribution in [1.82, 2.24) is 10.0 Å². The third-order valence-corrected chi connectivity index (χ3v) is 3.77. The lowest BCUT2D eigenvalue weighted by Crippen LogP contribution is -2.35. The van der Waals surface area contributed by atoms with Gasteiger partial charge in [-0.05, 0) is 13.0 Å². The predicted octanol–water partition coefficient (Wildman–Crippen LogP) is -0.291. The van der Waals surface area contributed by atoms with E-state index >= 15 is 0 Å². The highest BCUT2D eigenvalue weighted by molar-refractivity contribution is 7.90. The van der Waals surface area contributed by atoms with Gasteiger partial charge in [-0.3, -0.25) is 0 Å². The number of nitrogens with one attached hydrogen (secondary N) is 2. The van der Waals surface area contributed by atoms with E-state index in [1.54, 1.807) is 6.92 Å². The van der Waals surface area contributed by atoms with Gasteiger partial charge in [-0.1, -0.05) is 6.92 Å². The molecular formula is C6H15ClN2O2S. The fourth-order valence-corrected chi connectivity index (χ4v) is 2.62. The van der Waals surface area contributed by atoms with Gasteiger partial charge in [-0.15, -0.1) is 12.4 Å². The minimum Gasteiger partial charge on any atom is -0.315 e. The molecule has 1 unspecified atom stereocenters. The maximum absolute atomic E-state index is 11.3. The summed E-state index contributed by atoms with van der Waals surface area (Å²) in [5.74, 6) is 0. The average Bonchev–Trinajstić information content (AvgIpc) is 2.37. The van der Waals surface area contributed by atoms with Gasteiger partial charge in [0.1, 0.15) is 0 Å². The Balaban J connectivity index is 0.00000121. The summed E-state index contributed by atoms with van der Waals surface area (Å²) in [7, 11) is -3.02. The molecule has 1 heterocycles. The summed E-state index contributed by atoms with van der Waals surface area (Å²) in [5.41, 5.74) is 0. The maximum Gasteiger partial charge on any atom is 0.215 e. The van der Waals surface area contributed by atoms with Crippen LogP contribution < -0.4 is 10.0 Å². The molecule has 0 saturated carbocycles. The first-order valence-corrected chi connectivity index (χ1v) is 5.40. The van der Waals surface area contributed by atoms with E-state index in [9.17, 15) is 8.42 Å². The van der Waals surface area contributed by atoms with Crippen molar-refractivity contribution in [2.24, 2.45) is 0 Å². The Kier molecular flexibility index (Phi) is 5.08. The number of hydrogen-bond acceptors (Lipinski definition) is 3. The smallest absolute Gasteiger partial charge is 0.215 e. The molecule has 1 aliphatic rings. The van der Waals surface area contributed by atoms with Gasteiger partial charge >= 0.3 is 0 Å². The van der Waals surface area contributed by atoms with E-state index < -0.39 is 10.0 Å². The van der Waals surface area contributed by atoms with E-state index in [0.717, 1.165) is 13.0 Å². The van der Waals surface area contributed by atoms with E-state index in [1.807, 2.05) is 0 Å². The highest BCUT2D eigenvalue weighted by atomic mass is 35.5. The molecule has 1 saturated heterocycles. The molecular weight excluding hydrogens is 200 g/mol. The van der Waals surface area contributed by atoms with Crippen molar-refractivity contribution in [3.8, 4) is 0 Å². The number of rotatable bonds is 3. The third kappa shape index (κ3) is 2.90. The summed E-state index contributed by atoms with van der Waals surface area (Å²) >= 11 is 0. The van der Waals surface area contributed by atoms with Crippen molar-refractivity contribution in [1.29, 1.82) is 0 Å². The minimum absolute atomic E-state index is 0. The monoisotopic (exact) mass is 214 g/mol. The number of sulfonamides is 1. The van der Waals surface area contributed by atoms with E-state index in [-0.39, 0.29) is 17.7 Å². The summed E-state index contributed by atoms with van der Waals surface area (Å²) in [4.78, 5) is 0. The molecule has 0 spiro atoms. The predicted molar refractivity (Wildman–Crippen MR) is 51.1 cm³/mol. The van der Waals surface area contributed by atoms with Gasteiger partial charge in [0, 0.05) is 13.1 Å². The molecule has 0 aliphatic carbocycles. The normalized spacial score (nSPS) is 23.6. The van der Waals surface area contributed by atoms with E-state index in [1.165, 1.54) is 0 Å². The zero-order chi connectivity index (χ0) is 8.32. The first-order chi connectivity index (χ1) is 5.17. The first kappa shape index (κ1) is 12.2. The Morgan fingerprint density at radius 2 is 2.25 bits per heavy atom. The van der Waals surface area contributed by atoms with Crippen molar-refractivity contribution in [2.45, 2.75) is 18.6 Å². The second kappa shape index (κ2) is 5.01. The van der Waals surface area contributed by atoms with Crippen LogP contribution in [0.2, 0.25) is 0 Å². The summed E-state index contributed by atoms with van der Waals surface area (Å²) < 4.78 is 25.1. The van der Waals surface area contributed by atoms with E-state index in [0.29, 0.717) is 13.1 Å². The van der Waals surface area contributed by atoms with Gasteiger partial charge in [-0.2, -0.15) is 0 Å². The zero-order valence-corrected chi connectivity index (χ0v) is 8.67. The largest absolute Gasteiger partial charge is 0.315 e. The molecule has 1 fully saturated rings. The van der Waals surface area contributed by atoms with Crippen LogP contribution in [0.1, 0.15) is 13.3 Å². The summed E-state index contributed by atoms with van der Waals surface area (Å²) in [6.07, 6.45) is 0.731. The van der Waals surface area contributed by atoms with Crippen LogP contribution in [0.4, 0.5) is 0 Å². The van der Waals surface area contributed by atoms with Crippen LogP contribution in [-0.2, 0) is 10.0 Å². The molecule has 0 bridgehead atoms. The van der Waals surface area contributed by atoms with Gasteiger partial charge in [0.15, 0.2) is 0 Å². The Hall–Kier alpha value is 0.160. The van der Waals surface area contributed by atoms with Crippen molar-refractivity contribution in [3.05, 3.63) is 0 Å².